The summed E-state index contributed by atoms with van der Waals surface area (Å²) in [4.78, 5) is 16.9. The van der Waals surface area contributed by atoms with Crippen molar-refractivity contribution in [3.05, 3.63) is 59.9 Å². The van der Waals surface area contributed by atoms with Gasteiger partial charge in [-0.25, -0.2) is 4.39 Å². The fourth-order valence-corrected chi connectivity index (χ4v) is 3.25. The highest BCUT2D eigenvalue weighted by molar-refractivity contribution is 5.95. The number of hydrogen-bond donors (Lipinski definition) is 1. The van der Waals surface area contributed by atoms with E-state index >= 15 is 0 Å². The molecule has 0 saturated carbocycles. The molecule has 25 heavy (non-hydrogen) atoms. The van der Waals surface area contributed by atoms with E-state index in [1.54, 1.807) is 12.1 Å². The molecule has 1 aliphatic rings. The lowest BCUT2D eigenvalue weighted by molar-refractivity contribution is 0.0500. The number of likely N-dealkylation sites (N-methyl/N-ethyl adjacent to an activating group) is 1. The number of hydrogen-bond acceptors (Lipinski definition) is 3. The van der Waals surface area contributed by atoms with E-state index in [2.05, 4.69) is 4.90 Å². The Morgan fingerprint density at radius 1 is 1.16 bits per heavy atom. The predicted molar refractivity (Wildman–Crippen MR) is 95.9 cm³/mol. The number of nitrogens with zero attached hydrogens (tertiary/aromatic N) is 2. The minimum atomic E-state index is -0.275. The number of halogens is 1. The molecule has 3 rings (SSSR count). The number of piperazine rings is 1. The summed E-state index contributed by atoms with van der Waals surface area (Å²) in [6, 6.07) is 13.9. The summed E-state index contributed by atoms with van der Waals surface area (Å²) >= 11 is 0. The van der Waals surface area contributed by atoms with E-state index in [-0.39, 0.29) is 24.4 Å². The van der Waals surface area contributed by atoms with Gasteiger partial charge in [-0.05, 0) is 48.9 Å². The molecule has 0 bridgehead atoms. The Morgan fingerprint density at radius 2 is 1.92 bits per heavy atom. The van der Waals surface area contributed by atoms with Crippen LogP contribution in [0, 0.1) is 5.82 Å². The number of amides is 1. The lowest BCUT2D eigenvalue weighted by Gasteiger charge is -2.39. The average molecular weight is 342 g/mol. The Balaban J connectivity index is 1.78. The van der Waals surface area contributed by atoms with E-state index < -0.39 is 0 Å². The number of aliphatic hydroxyl groups excluding tert-OH is 1. The number of carbonyl (C=O) groups is 1. The molecule has 1 atom stereocenters. The molecule has 1 N–H and O–H groups in total. The van der Waals surface area contributed by atoms with Gasteiger partial charge in [-0.3, -0.25) is 9.69 Å². The SMILES string of the molecule is CN1CCN(C(=O)c2cccc(-c3ccc(F)cc3)c2)CC1CCO. The van der Waals surface area contributed by atoms with E-state index in [0.717, 1.165) is 17.7 Å². The van der Waals surface area contributed by atoms with E-state index in [1.165, 1.54) is 12.1 Å². The van der Waals surface area contributed by atoms with Crippen molar-refractivity contribution in [2.24, 2.45) is 0 Å². The number of rotatable bonds is 4. The molecule has 1 heterocycles. The zero-order valence-corrected chi connectivity index (χ0v) is 14.4. The van der Waals surface area contributed by atoms with Crippen LogP contribution in [0.1, 0.15) is 16.8 Å². The first-order valence-electron chi connectivity index (χ1n) is 8.55. The van der Waals surface area contributed by atoms with Gasteiger partial charge in [0.1, 0.15) is 5.82 Å². The summed E-state index contributed by atoms with van der Waals surface area (Å²) in [6.07, 6.45) is 0.663. The van der Waals surface area contributed by atoms with Crippen LogP contribution < -0.4 is 0 Å². The van der Waals surface area contributed by atoms with Crippen LogP contribution in [-0.4, -0.2) is 60.1 Å². The normalized spacial score (nSPS) is 18.4. The lowest BCUT2D eigenvalue weighted by atomic mass is 10.0. The molecule has 0 aromatic heterocycles. The third-order valence-corrected chi connectivity index (χ3v) is 4.81. The molecule has 0 radical (unpaired) electrons. The van der Waals surface area contributed by atoms with Gasteiger partial charge < -0.3 is 10.0 Å². The fourth-order valence-electron chi connectivity index (χ4n) is 3.25. The monoisotopic (exact) mass is 342 g/mol. The smallest absolute Gasteiger partial charge is 0.253 e. The molecule has 1 unspecified atom stereocenters. The van der Waals surface area contributed by atoms with Crippen molar-refractivity contribution in [3.8, 4) is 11.1 Å². The van der Waals surface area contributed by atoms with E-state index in [0.29, 0.717) is 25.1 Å². The van der Waals surface area contributed by atoms with Gasteiger partial charge in [0.15, 0.2) is 0 Å². The van der Waals surface area contributed by atoms with Crippen LogP contribution in [0.25, 0.3) is 11.1 Å². The average Bonchev–Trinajstić information content (AvgIpc) is 2.64. The van der Waals surface area contributed by atoms with Gasteiger partial charge in [0.05, 0.1) is 0 Å². The van der Waals surface area contributed by atoms with E-state index in [9.17, 15) is 14.3 Å². The Morgan fingerprint density at radius 3 is 2.64 bits per heavy atom. The maximum absolute atomic E-state index is 13.1. The molecular weight excluding hydrogens is 319 g/mol. The van der Waals surface area contributed by atoms with Crippen LogP contribution in [0.15, 0.2) is 48.5 Å². The number of aliphatic hydroxyl groups is 1. The molecule has 2 aromatic rings. The second-order valence-corrected chi connectivity index (χ2v) is 6.49. The highest BCUT2D eigenvalue weighted by Gasteiger charge is 2.27. The van der Waals surface area contributed by atoms with Crippen LogP contribution >= 0.6 is 0 Å². The first kappa shape index (κ1) is 17.6. The molecule has 0 spiro atoms. The Bertz CT molecular complexity index is 733. The van der Waals surface area contributed by atoms with Crippen molar-refractivity contribution < 1.29 is 14.3 Å². The summed E-state index contributed by atoms with van der Waals surface area (Å²) in [6.45, 7) is 2.22. The zero-order valence-electron chi connectivity index (χ0n) is 14.4. The van der Waals surface area contributed by atoms with Crippen LogP contribution in [0.3, 0.4) is 0 Å². The van der Waals surface area contributed by atoms with Gasteiger partial charge in [-0.15, -0.1) is 0 Å². The highest BCUT2D eigenvalue weighted by atomic mass is 19.1. The molecule has 4 nitrogen and oxygen atoms in total. The number of carbonyl (C=O) groups excluding carboxylic acids is 1. The van der Waals surface area contributed by atoms with Crippen molar-refractivity contribution in [2.45, 2.75) is 12.5 Å². The van der Waals surface area contributed by atoms with E-state index in [4.69, 9.17) is 0 Å². The molecule has 1 amide bonds. The van der Waals surface area contributed by atoms with Crippen LogP contribution in [-0.2, 0) is 0 Å². The third-order valence-electron chi connectivity index (χ3n) is 4.81. The highest BCUT2D eigenvalue weighted by Crippen LogP contribution is 2.22. The Hall–Kier alpha value is -2.24. The first-order chi connectivity index (χ1) is 12.1. The minimum absolute atomic E-state index is 0.00000136. The summed E-state index contributed by atoms with van der Waals surface area (Å²) in [5, 5.41) is 9.20. The molecule has 1 fully saturated rings. The summed E-state index contributed by atoms with van der Waals surface area (Å²) in [5.41, 5.74) is 2.41. The van der Waals surface area contributed by atoms with E-state index in [1.807, 2.05) is 36.2 Å². The summed E-state index contributed by atoms with van der Waals surface area (Å²) < 4.78 is 13.1. The molecule has 1 saturated heterocycles. The molecule has 5 heteroatoms. The van der Waals surface area contributed by atoms with Gasteiger partial charge in [-0.1, -0.05) is 24.3 Å². The van der Waals surface area contributed by atoms with Crippen molar-refractivity contribution in [1.29, 1.82) is 0 Å². The first-order valence-corrected chi connectivity index (χ1v) is 8.55. The zero-order chi connectivity index (χ0) is 17.8. The third kappa shape index (κ3) is 4.06. The predicted octanol–water partition coefficient (Wildman–Crippen LogP) is 2.63. The summed E-state index contributed by atoms with van der Waals surface area (Å²) in [7, 11) is 2.03. The second-order valence-electron chi connectivity index (χ2n) is 6.49. The second kappa shape index (κ2) is 7.76. The van der Waals surface area contributed by atoms with Gasteiger partial charge in [-0.2, -0.15) is 0 Å². The van der Waals surface area contributed by atoms with Crippen LogP contribution in [0.4, 0.5) is 4.39 Å². The quantitative estimate of drug-likeness (QED) is 0.929. The summed E-state index contributed by atoms with van der Waals surface area (Å²) in [5.74, 6) is -0.275. The number of benzene rings is 2. The molecule has 2 aromatic carbocycles. The minimum Gasteiger partial charge on any atom is -0.396 e. The van der Waals surface area contributed by atoms with Crippen molar-refractivity contribution in [3.63, 3.8) is 0 Å². The fraction of sp³-hybridized carbons (Fsp3) is 0.350. The maximum atomic E-state index is 13.1. The maximum Gasteiger partial charge on any atom is 0.253 e. The topological polar surface area (TPSA) is 43.8 Å². The lowest BCUT2D eigenvalue weighted by Crippen LogP contribution is -2.53. The van der Waals surface area contributed by atoms with Crippen LogP contribution in [0.2, 0.25) is 0 Å². The van der Waals surface area contributed by atoms with Gasteiger partial charge in [0.25, 0.3) is 5.91 Å². The Labute approximate surface area is 147 Å². The van der Waals surface area contributed by atoms with Crippen molar-refractivity contribution >= 4 is 5.91 Å². The largest absolute Gasteiger partial charge is 0.396 e. The Kier molecular flexibility index (Phi) is 5.46. The van der Waals surface area contributed by atoms with Crippen molar-refractivity contribution in [2.75, 3.05) is 33.3 Å². The van der Waals surface area contributed by atoms with Gasteiger partial charge in [0.2, 0.25) is 0 Å². The standard InChI is InChI=1S/C20H23FN2O2/c1-22-10-11-23(14-19(22)9-12-24)20(25)17-4-2-3-16(13-17)15-5-7-18(21)8-6-15/h2-8,13,19,24H,9-12,14H2,1H3. The van der Waals surface area contributed by atoms with Crippen LogP contribution in [0.5, 0.6) is 0 Å². The molecule has 1 aliphatic heterocycles. The van der Waals surface area contributed by atoms with Gasteiger partial charge in [0, 0.05) is 37.8 Å². The molecule has 0 aliphatic carbocycles. The molecular formula is C20H23FN2O2. The van der Waals surface area contributed by atoms with Gasteiger partial charge >= 0.3 is 0 Å². The molecule has 132 valence electrons. The van der Waals surface area contributed by atoms with Crippen molar-refractivity contribution in [1.82, 2.24) is 9.80 Å².